The first kappa shape index (κ1) is 37.3. The van der Waals surface area contributed by atoms with Crippen molar-refractivity contribution in [2.45, 2.75) is 53.4 Å². The Morgan fingerprint density at radius 1 is 0.449 bits per heavy atom. The summed E-state index contributed by atoms with van der Waals surface area (Å²) < 4.78 is 95.3. The SMILES string of the molecule is Cc1ccc(I(OB(Oc2c(F)c(F)c(F)c(F)c2F)OI(c2ccc(C)cc2)c2ccc(C(C)C)cc2)c2ccc(C(C)C)cc2)cc1. The van der Waals surface area contributed by atoms with Crippen molar-refractivity contribution in [1.82, 2.24) is 0 Å². The molecule has 0 fully saturated rings. The predicted molar refractivity (Wildman–Crippen MR) is 201 cm³/mol. The van der Waals surface area contributed by atoms with E-state index in [1.54, 1.807) is 0 Å². The van der Waals surface area contributed by atoms with E-state index in [4.69, 9.17) is 10.6 Å². The summed E-state index contributed by atoms with van der Waals surface area (Å²) in [5.41, 5.74) is 4.23. The van der Waals surface area contributed by atoms with E-state index in [9.17, 15) is 13.2 Å². The summed E-state index contributed by atoms with van der Waals surface area (Å²) in [5.74, 6) is -11.7. The van der Waals surface area contributed by atoms with Crippen LogP contribution in [0.1, 0.15) is 61.8 Å². The Labute approximate surface area is 300 Å². The molecule has 258 valence electrons. The van der Waals surface area contributed by atoms with Crippen LogP contribution in [0.25, 0.3) is 0 Å². The molecule has 5 aromatic rings. The molecule has 0 bridgehead atoms. The molecule has 0 aromatic heterocycles. The van der Waals surface area contributed by atoms with Gasteiger partial charge in [-0.2, -0.15) is 0 Å². The molecule has 0 atom stereocenters. The number of hydrogen-bond donors (Lipinski definition) is 0. The van der Waals surface area contributed by atoms with Crippen molar-refractivity contribution in [3.8, 4) is 5.75 Å². The Morgan fingerprint density at radius 3 is 1.04 bits per heavy atom. The molecule has 3 nitrogen and oxygen atoms in total. The van der Waals surface area contributed by atoms with Crippen molar-refractivity contribution in [2.24, 2.45) is 0 Å². The molecule has 0 heterocycles. The van der Waals surface area contributed by atoms with Crippen molar-refractivity contribution in [1.29, 1.82) is 0 Å². The first-order valence-electron chi connectivity index (χ1n) is 15.6. The zero-order chi connectivity index (χ0) is 35.4. The van der Waals surface area contributed by atoms with E-state index in [0.717, 1.165) is 36.5 Å². The third-order valence-electron chi connectivity index (χ3n) is 7.60. The van der Waals surface area contributed by atoms with Gasteiger partial charge in [-0.3, -0.25) is 0 Å². The second-order valence-electron chi connectivity index (χ2n) is 12.0. The number of rotatable bonds is 12. The summed E-state index contributed by atoms with van der Waals surface area (Å²) in [7, 11) is -1.83. The van der Waals surface area contributed by atoms with Gasteiger partial charge in [0.25, 0.3) is 0 Å². The average Bonchev–Trinajstić information content (AvgIpc) is 3.10. The van der Waals surface area contributed by atoms with E-state index >= 15 is 8.78 Å². The van der Waals surface area contributed by atoms with Gasteiger partial charge in [0.15, 0.2) is 0 Å². The van der Waals surface area contributed by atoms with Gasteiger partial charge in [0.05, 0.1) is 0 Å². The summed E-state index contributed by atoms with van der Waals surface area (Å²) in [6.07, 6.45) is 0. The van der Waals surface area contributed by atoms with Crippen LogP contribution in [0, 0.1) is 57.2 Å². The molecular weight excluding hydrogens is 864 g/mol. The van der Waals surface area contributed by atoms with E-state index in [1.807, 2.05) is 111 Å². The first-order chi connectivity index (χ1) is 23.3. The monoisotopic (exact) mass is 900 g/mol. The van der Waals surface area contributed by atoms with Gasteiger partial charge in [0, 0.05) is 0 Å². The summed E-state index contributed by atoms with van der Waals surface area (Å²) in [5, 5.41) is 0. The maximum atomic E-state index is 15.1. The molecular formula is C38H36BF5I2O3. The maximum absolute atomic E-state index is 15.1. The summed E-state index contributed by atoms with van der Waals surface area (Å²) >= 11 is -6.07. The quantitative estimate of drug-likeness (QED) is 0.0411. The van der Waals surface area contributed by atoms with Crippen molar-refractivity contribution < 1.29 is 32.6 Å². The molecule has 0 saturated heterocycles. The molecule has 0 unspecified atom stereocenters. The van der Waals surface area contributed by atoms with Crippen LogP contribution in [0.15, 0.2) is 97.1 Å². The van der Waals surface area contributed by atoms with Crippen molar-refractivity contribution >= 4 is 47.8 Å². The summed E-state index contributed by atoms with van der Waals surface area (Å²) in [6.45, 7) is 12.2. The van der Waals surface area contributed by atoms with Crippen LogP contribution in [-0.2, 0) is 5.97 Å². The van der Waals surface area contributed by atoms with Crippen LogP contribution >= 0.6 is 40.5 Å². The second kappa shape index (κ2) is 16.3. The van der Waals surface area contributed by atoms with E-state index in [2.05, 4.69) is 27.7 Å². The Balaban J connectivity index is 1.65. The predicted octanol–water partition coefficient (Wildman–Crippen LogP) is 12.0. The first-order valence-corrected chi connectivity index (χ1v) is 21.7. The van der Waals surface area contributed by atoms with Gasteiger partial charge in [-0.1, -0.05) is 0 Å². The van der Waals surface area contributed by atoms with E-state index in [1.165, 1.54) is 0 Å². The molecule has 0 N–H and O–H groups in total. The van der Waals surface area contributed by atoms with Gasteiger partial charge in [-0.15, -0.1) is 0 Å². The number of halogens is 7. The van der Waals surface area contributed by atoms with Gasteiger partial charge in [0.2, 0.25) is 0 Å². The Kier molecular flexibility index (Phi) is 12.4. The molecule has 0 aliphatic carbocycles. The molecule has 0 radical (unpaired) electrons. The van der Waals surface area contributed by atoms with E-state index < -0.39 is 82.6 Å². The van der Waals surface area contributed by atoms with Crippen LogP contribution in [0.5, 0.6) is 5.75 Å². The molecule has 5 rings (SSSR count). The van der Waals surface area contributed by atoms with E-state index in [-0.39, 0.29) is 11.8 Å². The minimum absolute atomic E-state index is 0.273. The number of benzene rings is 5. The zero-order valence-corrected chi connectivity index (χ0v) is 32.2. The van der Waals surface area contributed by atoms with Crippen LogP contribution in [0.4, 0.5) is 22.0 Å². The van der Waals surface area contributed by atoms with Crippen LogP contribution < -0.4 is 4.65 Å². The van der Waals surface area contributed by atoms with Gasteiger partial charge < -0.3 is 0 Å². The molecule has 49 heavy (non-hydrogen) atoms. The van der Waals surface area contributed by atoms with Crippen molar-refractivity contribution in [3.05, 3.63) is 163 Å². The van der Waals surface area contributed by atoms with Gasteiger partial charge in [0.1, 0.15) is 0 Å². The number of aryl methyl sites for hydroxylation is 2. The Hall–Kier alpha value is -3.01. The van der Waals surface area contributed by atoms with Gasteiger partial charge in [-0.25, -0.2) is 0 Å². The summed E-state index contributed by atoms with van der Waals surface area (Å²) in [4.78, 5) is 0. The fraction of sp³-hybridized carbons (Fsp3) is 0.211. The van der Waals surface area contributed by atoms with Crippen molar-refractivity contribution in [2.75, 3.05) is 0 Å². The molecule has 0 saturated carbocycles. The molecule has 0 aliphatic rings. The van der Waals surface area contributed by atoms with Gasteiger partial charge in [-0.05, 0) is 0 Å². The van der Waals surface area contributed by atoms with Crippen LogP contribution in [0.3, 0.4) is 0 Å². The van der Waals surface area contributed by atoms with Crippen LogP contribution in [0.2, 0.25) is 0 Å². The molecule has 11 heteroatoms. The Bertz CT molecular complexity index is 1740. The Morgan fingerprint density at radius 2 is 0.735 bits per heavy atom. The summed E-state index contributed by atoms with van der Waals surface area (Å²) in [6, 6.07) is 31.1. The molecule has 0 spiro atoms. The fourth-order valence-corrected chi connectivity index (χ4v) is 13.0. The van der Waals surface area contributed by atoms with E-state index in [0.29, 0.717) is 0 Å². The third kappa shape index (κ3) is 8.84. The molecule has 0 aliphatic heterocycles. The molecule has 5 aromatic carbocycles. The zero-order valence-electron chi connectivity index (χ0n) is 27.8. The topological polar surface area (TPSA) is 27.7 Å². The number of hydrogen-bond acceptors (Lipinski definition) is 3. The van der Waals surface area contributed by atoms with Crippen molar-refractivity contribution in [3.63, 3.8) is 0 Å². The molecule has 0 amide bonds. The minimum atomic E-state index is -3.04. The normalized spacial score (nSPS) is 12.0. The third-order valence-corrected chi connectivity index (χ3v) is 16.8. The fourth-order valence-electron chi connectivity index (χ4n) is 4.66. The van der Waals surface area contributed by atoms with Crippen LogP contribution in [-0.4, -0.2) is 7.32 Å². The average molecular weight is 900 g/mol. The second-order valence-corrected chi connectivity index (χ2v) is 20.8. The standard InChI is InChI=1S/C38H36BF5I2O3/c1-23(2)27-11-19-31(20-12-27)45(29-15-7-25(5)8-16-29)48-39(47-38-36(43)34(41)33(40)35(42)37(38)44)49-46(30-17-9-26(6)10-18-30)32-21-13-28(14-22-32)24(3)4/h7-24H,1-6H3. The van der Waals surface area contributed by atoms with Gasteiger partial charge >= 0.3 is 302 Å².